The summed E-state index contributed by atoms with van der Waals surface area (Å²) < 4.78 is 0. The van der Waals surface area contributed by atoms with Gasteiger partial charge in [0.25, 0.3) is 5.91 Å². The number of carbonyl (C=O) groups excluding carboxylic acids is 1. The first kappa shape index (κ1) is 10.4. The van der Waals surface area contributed by atoms with E-state index in [0.717, 1.165) is 11.4 Å². The van der Waals surface area contributed by atoms with Crippen LogP contribution in [-0.2, 0) is 6.54 Å². The zero-order chi connectivity index (χ0) is 11.4. The highest BCUT2D eigenvalue weighted by molar-refractivity contribution is 5.95. The van der Waals surface area contributed by atoms with Gasteiger partial charge in [0.2, 0.25) is 0 Å². The van der Waals surface area contributed by atoms with Crippen molar-refractivity contribution in [2.45, 2.75) is 13.5 Å². The molecule has 4 heteroatoms. The maximum Gasteiger partial charge on any atom is 0.253 e. The summed E-state index contributed by atoms with van der Waals surface area (Å²) in [4.78, 5) is 18.8. The van der Waals surface area contributed by atoms with Gasteiger partial charge in [-0.2, -0.15) is 0 Å². The van der Waals surface area contributed by atoms with Gasteiger partial charge in [-0.05, 0) is 25.1 Å². The quantitative estimate of drug-likeness (QED) is 0.817. The lowest BCUT2D eigenvalue weighted by molar-refractivity contribution is 0.0950. The molecule has 2 heterocycles. The normalized spacial score (nSPS) is 10.1. The lowest BCUT2D eigenvalue weighted by Gasteiger charge is -2.03. The SMILES string of the molecule is Cc1[nH]ccc1C(=O)NCc1ccccn1. The first-order valence-corrected chi connectivity index (χ1v) is 5.09. The summed E-state index contributed by atoms with van der Waals surface area (Å²) in [5.74, 6) is -0.0793. The maximum atomic E-state index is 11.7. The Kier molecular flexibility index (Phi) is 3.00. The molecule has 1 amide bonds. The number of hydrogen-bond acceptors (Lipinski definition) is 2. The van der Waals surface area contributed by atoms with Gasteiger partial charge >= 0.3 is 0 Å². The number of rotatable bonds is 3. The van der Waals surface area contributed by atoms with Crippen LogP contribution in [0, 0.1) is 6.92 Å². The third kappa shape index (κ3) is 2.28. The second-order valence-electron chi connectivity index (χ2n) is 3.52. The minimum absolute atomic E-state index is 0.0793. The van der Waals surface area contributed by atoms with Crippen LogP contribution in [0.3, 0.4) is 0 Å². The van der Waals surface area contributed by atoms with E-state index in [2.05, 4.69) is 15.3 Å². The van der Waals surface area contributed by atoms with Crippen LogP contribution in [0.1, 0.15) is 21.7 Å². The smallest absolute Gasteiger partial charge is 0.253 e. The summed E-state index contributed by atoms with van der Waals surface area (Å²) in [6, 6.07) is 7.39. The summed E-state index contributed by atoms with van der Waals surface area (Å²) in [6.07, 6.45) is 3.47. The van der Waals surface area contributed by atoms with Gasteiger partial charge in [0.15, 0.2) is 0 Å². The maximum absolute atomic E-state index is 11.7. The van der Waals surface area contributed by atoms with Crippen molar-refractivity contribution < 1.29 is 4.79 Å². The number of nitrogens with one attached hydrogen (secondary N) is 2. The Balaban J connectivity index is 1.97. The van der Waals surface area contributed by atoms with Gasteiger partial charge < -0.3 is 10.3 Å². The summed E-state index contributed by atoms with van der Waals surface area (Å²) in [6.45, 7) is 2.32. The van der Waals surface area contributed by atoms with Crippen molar-refractivity contribution in [1.29, 1.82) is 0 Å². The van der Waals surface area contributed by atoms with E-state index < -0.39 is 0 Å². The molecule has 0 bridgehead atoms. The molecule has 0 radical (unpaired) electrons. The Morgan fingerprint density at radius 1 is 1.44 bits per heavy atom. The van der Waals surface area contributed by atoms with Crippen LogP contribution in [0.15, 0.2) is 36.7 Å². The average molecular weight is 215 g/mol. The fraction of sp³-hybridized carbons (Fsp3) is 0.167. The Morgan fingerprint density at radius 3 is 2.94 bits per heavy atom. The van der Waals surface area contributed by atoms with E-state index in [-0.39, 0.29) is 5.91 Å². The van der Waals surface area contributed by atoms with Crippen molar-refractivity contribution in [2.24, 2.45) is 0 Å². The fourth-order valence-corrected chi connectivity index (χ4v) is 1.47. The van der Waals surface area contributed by atoms with Gasteiger partial charge in [0.05, 0.1) is 17.8 Å². The molecular formula is C12H13N3O. The number of carbonyl (C=O) groups is 1. The van der Waals surface area contributed by atoms with Crippen LogP contribution >= 0.6 is 0 Å². The summed E-state index contributed by atoms with van der Waals surface area (Å²) >= 11 is 0. The molecule has 0 fully saturated rings. The number of hydrogen-bond donors (Lipinski definition) is 2. The van der Waals surface area contributed by atoms with Gasteiger partial charge in [-0.1, -0.05) is 6.07 Å². The van der Waals surface area contributed by atoms with E-state index in [9.17, 15) is 4.79 Å². The highest BCUT2D eigenvalue weighted by atomic mass is 16.1. The molecule has 2 aromatic heterocycles. The Morgan fingerprint density at radius 2 is 2.31 bits per heavy atom. The van der Waals surface area contributed by atoms with Crippen molar-refractivity contribution in [2.75, 3.05) is 0 Å². The molecule has 2 rings (SSSR count). The minimum Gasteiger partial charge on any atom is -0.365 e. The van der Waals surface area contributed by atoms with E-state index in [1.165, 1.54) is 0 Å². The van der Waals surface area contributed by atoms with E-state index in [4.69, 9.17) is 0 Å². The topological polar surface area (TPSA) is 57.8 Å². The molecule has 0 saturated heterocycles. The largest absolute Gasteiger partial charge is 0.365 e. The molecule has 0 aromatic carbocycles. The first-order valence-electron chi connectivity index (χ1n) is 5.09. The average Bonchev–Trinajstić information content (AvgIpc) is 2.74. The predicted octanol–water partition coefficient (Wildman–Crippen LogP) is 1.65. The molecule has 0 spiro atoms. The zero-order valence-corrected chi connectivity index (χ0v) is 9.03. The third-order valence-corrected chi connectivity index (χ3v) is 2.35. The van der Waals surface area contributed by atoms with Gasteiger partial charge in [-0.3, -0.25) is 9.78 Å². The second kappa shape index (κ2) is 4.61. The second-order valence-corrected chi connectivity index (χ2v) is 3.52. The van der Waals surface area contributed by atoms with Crippen molar-refractivity contribution in [1.82, 2.24) is 15.3 Å². The molecule has 0 saturated carbocycles. The van der Waals surface area contributed by atoms with Gasteiger partial charge in [0, 0.05) is 18.1 Å². The third-order valence-electron chi connectivity index (χ3n) is 2.35. The van der Waals surface area contributed by atoms with Crippen LogP contribution in [-0.4, -0.2) is 15.9 Å². The highest BCUT2D eigenvalue weighted by Gasteiger charge is 2.08. The first-order chi connectivity index (χ1) is 7.77. The van der Waals surface area contributed by atoms with Gasteiger partial charge in [-0.15, -0.1) is 0 Å². The molecule has 82 valence electrons. The molecule has 2 aromatic rings. The van der Waals surface area contributed by atoms with Crippen LogP contribution in [0.4, 0.5) is 0 Å². The summed E-state index contributed by atoms with van der Waals surface area (Å²) in [7, 11) is 0. The van der Waals surface area contributed by atoms with Crippen LogP contribution in [0.5, 0.6) is 0 Å². The predicted molar refractivity (Wildman–Crippen MR) is 60.9 cm³/mol. The van der Waals surface area contributed by atoms with Crippen LogP contribution in [0.25, 0.3) is 0 Å². The molecule has 2 N–H and O–H groups in total. The number of aromatic nitrogens is 2. The van der Waals surface area contributed by atoms with Crippen molar-refractivity contribution in [3.05, 3.63) is 53.6 Å². The number of nitrogens with zero attached hydrogens (tertiary/aromatic N) is 1. The number of H-pyrrole nitrogens is 1. The summed E-state index contributed by atoms with van der Waals surface area (Å²) in [5, 5.41) is 2.82. The highest BCUT2D eigenvalue weighted by Crippen LogP contribution is 2.04. The van der Waals surface area contributed by atoms with E-state index in [1.54, 1.807) is 18.5 Å². The summed E-state index contributed by atoms with van der Waals surface area (Å²) in [5.41, 5.74) is 2.40. The molecule has 0 atom stereocenters. The lowest BCUT2D eigenvalue weighted by Crippen LogP contribution is -2.23. The molecule has 0 unspecified atom stereocenters. The lowest BCUT2D eigenvalue weighted by atomic mass is 10.2. The Labute approximate surface area is 93.7 Å². The molecule has 0 aliphatic rings. The van der Waals surface area contributed by atoms with E-state index >= 15 is 0 Å². The molecule has 0 aliphatic carbocycles. The molecule has 4 nitrogen and oxygen atoms in total. The van der Waals surface area contributed by atoms with Crippen LogP contribution in [0.2, 0.25) is 0 Å². The Hall–Kier alpha value is -2.10. The number of pyridine rings is 1. The zero-order valence-electron chi connectivity index (χ0n) is 9.03. The fourth-order valence-electron chi connectivity index (χ4n) is 1.47. The minimum atomic E-state index is -0.0793. The van der Waals surface area contributed by atoms with Crippen molar-refractivity contribution >= 4 is 5.91 Å². The number of amides is 1. The van der Waals surface area contributed by atoms with Gasteiger partial charge in [-0.25, -0.2) is 0 Å². The number of aromatic amines is 1. The van der Waals surface area contributed by atoms with Crippen molar-refractivity contribution in [3.8, 4) is 0 Å². The van der Waals surface area contributed by atoms with Crippen molar-refractivity contribution in [3.63, 3.8) is 0 Å². The van der Waals surface area contributed by atoms with E-state index in [0.29, 0.717) is 12.1 Å². The molecule has 0 aliphatic heterocycles. The van der Waals surface area contributed by atoms with Crippen LogP contribution < -0.4 is 5.32 Å². The van der Waals surface area contributed by atoms with E-state index in [1.807, 2.05) is 25.1 Å². The molecule has 16 heavy (non-hydrogen) atoms. The standard InChI is InChI=1S/C12H13N3O/c1-9-11(5-7-13-9)12(16)15-8-10-4-2-3-6-14-10/h2-7,13H,8H2,1H3,(H,15,16). The Bertz CT molecular complexity index is 476. The molecular weight excluding hydrogens is 202 g/mol. The monoisotopic (exact) mass is 215 g/mol. The van der Waals surface area contributed by atoms with Gasteiger partial charge in [0.1, 0.15) is 0 Å². The number of aryl methyl sites for hydroxylation is 1.